The van der Waals surface area contributed by atoms with Gasteiger partial charge in [0.15, 0.2) is 11.4 Å². The fourth-order valence-electron chi connectivity index (χ4n) is 4.32. The number of rotatable bonds is 7. The number of fused-ring (bicyclic) bond motifs is 1. The molecule has 0 saturated heterocycles. The smallest absolute Gasteiger partial charge is 0.261 e. The Morgan fingerprint density at radius 3 is 2.29 bits per heavy atom. The van der Waals surface area contributed by atoms with Crippen LogP contribution in [-0.4, -0.2) is 42.9 Å². The highest BCUT2D eigenvalue weighted by atomic mass is 16.5. The van der Waals surface area contributed by atoms with Crippen molar-refractivity contribution < 1.29 is 14.6 Å². The first-order valence-corrected chi connectivity index (χ1v) is 11.1. The third-order valence-electron chi connectivity index (χ3n) is 5.98. The molecular formula is C26H24N6O3. The number of carbonyl (C=O) groups is 1. The van der Waals surface area contributed by atoms with E-state index in [2.05, 4.69) is 20.5 Å². The molecule has 3 aromatic carbocycles. The minimum Gasteiger partial charge on any atom is -0.496 e. The Labute approximate surface area is 201 Å². The highest BCUT2D eigenvalue weighted by molar-refractivity contribution is 6.07. The van der Waals surface area contributed by atoms with Crippen molar-refractivity contribution in [3.63, 3.8) is 0 Å². The van der Waals surface area contributed by atoms with E-state index in [0.717, 1.165) is 0 Å². The Kier molecular flexibility index (Phi) is 5.76. The molecule has 0 aliphatic rings. The molecule has 0 spiro atoms. The van der Waals surface area contributed by atoms with E-state index in [1.165, 1.54) is 13.4 Å². The monoisotopic (exact) mass is 468 g/mol. The second-order valence-electron chi connectivity index (χ2n) is 7.95. The summed E-state index contributed by atoms with van der Waals surface area (Å²) in [5.74, 6) is 0.615. The van der Waals surface area contributed by atoms with Gasteiger partial charge in [-0.15, -0.1) is 0 Å². The van der Waals surface area contributed by atoms with Crippen LogP contribution in [0.15, 0.2) is 79.1 Å². The first-order valence-electron chi connectivity index (χ1n) is 11.1. The number of anilines is 1. The van der Waals surface area contributed by atoms with E-state index in [1.54, 1.807) is 12.1 Å². The molecule has 5 aromatic rings. The maximum atomic E-state index is 13.0. The maximum Gasteiger partial charge on any atom is 0.261 e. The average molecular weight is 469 g/mol. The molecule has 0 aliphatic heterocycles. The third kappa shape index (κ3) is 3.81. The second-order valence-corrected chi connectivity index (χ2v) is 7.95. The normalized spacial score (nSPS) is 11.5. The molecular weight excluding hydrogens is 444 g/mol. The predicted molar refractivity (Wildman–Crippen MR) is 131 cm³/mol. The largest absolute Gasteiger partial charge is 0.496 e. The molecule has 176 valence electrons. The molecule has 2 heterocycles. The van der Waals surface area contributed by atoms with Gasteiger partial charge in [-0.25, -0.2) is 10.1 Å². The van der Waals surface area contributed by atoms with Crippen molar-refractivity contribution in [1.82, 2.24) is 24.7 Å². The van der Waals surface area contributed by atoms with Crippen molar-refractivity contribution >= 4 is 22.9 Å². The van der Waals surface area contributed by atoms with Gasteiger partial charge in [-0.05, 0) is 24.1 Å². The summed E-state index contributed by atoms with van der Waals surface area (Å²) < 4.78 is 7.43. The number of hydrogen-bond acceptors (Lipinski definition) is 6. The van der Waals surface area contributed by atoms with Crippen LogP contribution in [0.5, 0.6) is 5.75 Å². The van der Waals surface area contributed by atoms with Gasteiger partial charge in [-0.2, -0.15) is 10.1 Å². The van der Waals surface area contributed by atoms with E-state index < -0.39 is 11.5 Å². The van der Waals surface area contributed by atoms with Crippen LogP contribution in [0.2, 0.25) is 0 Å². The van der Waals surface area contributed by atoms with E-state index in [-0.39, 0.29) is 5.95 Å². The predicted octanol–water partition coefficient (Wildman–Crippen LogP) is 3.72. The molecule has 0 saturated carbocycles. The summed E-state index contributed by atoms with van der Waals surface area (Å²) in [4.78, 5) is 21.8. The first kappa shape index (κ1) is 22.3. The summed E-state index contributed by atoms with van der Waals surface area (Å²) >= 11 is 0. The lowest BCUT2D eigenvalue weighted by molar-refractivity contribution is 0.102. The molecule has 0 bridgehead atoms. The summed E-state index contributed by atoms with van der Waals surface area (Å²) in [6, 6.07) is 22.3. The van der Waals surface area contributed by atoms with Gasteiger partial charge in [-0.1, -0.05) is 60.7 Å². The zero-order chi connectivity index (χ0) is 24.4. The number of aromatic amines is 1. The first-order chi connectivity index (χ1) is 17.1. The molecule has 0 fully saturated rings. The topological polar surface area (TPSA) is 118 Å². The number of benzene rings is 3. The molecule has 9 heteroatoms. The molecule has 35 heavy (non-hydrogen) atoms. The van der Waals surface area contributed by atoms with Crippen LogP contribution in [0, 0.1) is 0 Å². The summed E-state index contributed by atoms with van der Waals surface area (Å²) in [6.07, 6.45) is 1.31. The van der Waals surface area contributed by atoms with Gasteiger partial charge in [0.2, 0.25) is 5.95 Å². The van der Waals surface area contributed by atoms with E-state index in [0.29, 0.717) is 45.8 Å². The quantitative estimate of drug-likeness (QED) is 0.335. The van der Waals surface area contributed by atoms with E-state index >= 15 is 0 Å². The van der Waals surface area contributed by atoms with Gasteiger partial charge < -0.3 is 14.4 Å². The third-order valence-corrected chi connectivity index (χ3v) is 5.98. The van der Waals surface area contributed by atoms with Gasteiger partial charge in [0, 0.05) is 12.6 Å². The van der Waals surface area contributed by atoms with Crippen molar-refractivity contribution in [1.29, 1.82) is 0 Å². The zero-order valence-electron chi connectivity index (χ0n) is 19.3. The Hall–Kier alpha value is -4.50. The number of aliphatic hydroxyl groups is 1. The molecule has 3 N–H and O–H groups in total. The molecule has 9 nitrogen and oxygen atoms in total. The van der Waals surface area contributed by atoms with Crippen LogP contribution in [0.4, 0.5) is 5.95 Å². The maximum absolute atomic E-state index is 13.0. The highest BCUT2D eigenvalue weighted by Crippen LogP contribution is 2.38. The number of ether oxygens (including phenoxy) is 1. The Balaban J connectivity index is 1.72. The molecule has 5 rings (SSSR count). The highest BCUT2D eigenvalue weighted by Gasteiger charge is 2.39. The Morgan fingerprint density at radius 1 is 1.09 bits per heavy atom. The van der Waals surface area contributed by atoms with E-state index in [9.17, 15) is 9.90 Å². The molecule has 0 unspecified atom stereocenters. The number of nitrogens with zero attached hydrogens (tertiary/aromatic N) is 4. The van der Waals surface area contributed by atoms with E-state index in [4.69, 9.17) is 9.72 Å². The SMILES string of the molecule is CCn1c(C(O)(c2ccccc2)c2ccccc2)nc2cc(OC)c(C(=O)Nc3ncn[nH]3)cc21. The molecule has 1 amide bonds. The lowest BCUT2D eigenvalue weighted by atomic mass is 9.85. The number of hydrogen-bond donors (Lipinski definition) is 3. The number of aromatic nitrogens is 5. The van der Waals surface area contributed by atoms with Gasteiger partial charge in [0.1, 0.15) is 12.1 Å². The number of imidazole rings is 1. The van der Waals surface area contributed by atoms with Gasteiger partial charge >= 0.3 is 0 Å². The minimum atomic E-state index is -1.52. The van der Waals surface area contributed by atoms with Gasteiger partial charge in [0.05, 0.1) is 23.7 Å². The number of carbonyl (C=O) groups excluding carboxylic acids is 1. The molecule has 0 aliphatic carbocycles. The summed E-state index contributed by atoms with van der Waals surface area (Å²) in [5, 5.41) is 21.3. The summed E-state index contributed by atoms with van der Waals surface area (Å²) in [5.41, 5.74) is 1.45. The fraction of sp³-hybridized carbons (Fsp3) is 0.154. The van der Waals surface area contributed by atoms with Crippen LogP contribution in [-0.2, 0) is 12.1 Å². The summed E-state index contributed by atoms with van der Waals surface area (Å²) in [7, 11) is 1.49. The molecule has 0 atom stereocenters. The number of H-pyrrole nitrogens is 1. The van der Waals surface area contributed by atoms with Crippen molar-refractivity contribution in [2.45, 2.75) is 19.1 Å². The van der Waals surface area contributed by atoms with Crippen LogP contribution < -0.4 is 10.1 Å². The van der Waals surface area contributed by atoms with Crippen LogP contribution in [0.3, 0.4) is 0 Å². The van der Waals surface area contributed by atoms with Crippen LogP contribution >= 0.6 is 0 Å². The van der Waals surface area contributed by atoms with E-state index in [1.807, 2.05) is 72.2 Å². The van der Waals surface area contributed by atoms with Crippen LogP contribution in [0.25, 0.3) is 11.0 Å². The van der Waals surface area contributed by atoms with Crippen molar-refractivity contribution in [2.24, 2.45) is 0 Å². The Bertz CT molecular complexity index is 1420. The lowest BCUT2D eigenvalue weighted by Gasteiger charge is -2.29. The number of aryl methyl sites for hydroxylation is 1. The van der Waals surface area contributed by atoms with Crippen molar-refractivity contribution in [3.8, 4) is 5.75 Å². The minimum absolute atomic E-state index is 0.226. The molecule has 2 aromatic heterocycles. The number of nitrogens with one attached hydrogen (secondary N) is 2. The fourth-order valence-corrected chi connectivity index (χ4v) is 4.32. The van der Waals surface area contributed by atoms with Crippen LogP contribution in [0.1, 0.15) is 34.2 Å². The average Bonchev–Trinajstić information content (AvgIpc) is 3.55. The number of amides is 1. The standard InChI is InChI=1S/C26H24N6O3/c1-3-32-21-14-19(23(33)30-25-27-16-28-31-25)22(35-2)15-20(21)29-24(32)26(34,17-10-6-4-7-11-17)18-12-8-5-9-13-18/h4-16,34H,3H2,1-2H3,(H2,27,28,30,31,33). The molecule has 0 radical (unpaired) electrons. The van der Waals surface area contributed by atoms with Crippen molar-refractivity contribution in [2.75, 3.05) is 12.4 Å². The second kappa shape index (κ2) is 9.03. The zero-order valence-corrected chi connectivity index (χ0v) is 19.3. The Morgan fingerprint density at radius 2 is 1.74 bits per heavy atom. The summed E-state index contributed by atoms with van der Waals surface area (Å²) in [6.45, 7) is 2.49. The van der Waals surface area contributed by atoms with Gasteiger partial charge in [0.25, 0.3) is 5.91 Å². The number of methoxy groups -OCH3 is 1. The van der Waals surface area contributed by atoms with Crippen molar-refractivity contribution in [3.05, 3.63) is 102 Å². The van der Waals surface area contributed by atoms with Gasteiger partial charge in [-0.3, -0.25) is 10.1 Å². The lowest BCUT2D eigenvalue weighted by Crippen LogP contribution is -2.32.